The quantitative estimate of drug-likeness (QED) is 0.408. The molecule has 0 saturated heterocycles. The van der Waals surface area contributed by atoms with Crippen LogP contribution < -0.4 is 0 Å². The maximum Gasteiger partial charge on any atom is 0.246 e. The van der Waals surface area contributed by atoms with Gasteiger partial charge in [0, 0.05) is 34.7 Å². The van der Waals surface area contributed by atoms with Gasteiger partial charge in [0.15, 0.2) is 0 Å². The van der Waals surface area contributed by atoms with E-state index in [1.165, 1.54) is 42.8 Å². The highest BCUT2D eigenvalue weighted by molar-refractivity contribution is 8.38. The van der Waals surface area contributed by atoms with E-state index in [0.717, 1.165) is 17.7 Å². The van der Waals surface area contributed by atoms with Gasteiger partial charge in [0.2, 0.25) is 4.45 Å². The van der Waals surface area contributed by atoms with E-state index in [2.05, 4.69) is 11.9 Å². The Morgan fingerprint density at radius 2 is 2.12 bits per heavy atom. The summed E-state index contributed by atoms with van der Waals surface area (Å²) in [6, 6.07) is 5.44. The van der Waals surface area contributed by atoms with Crippen molar-refractivity contribution in [3.8, 4) is 0 Å². The number of nitrogens with zero attached hydrogens (tertiary/aromatic N) is 2. The highest BCUT2D eigenvalue weighted by atomic mass is 35.5. The van der Waals surface area contributed by atoms with E-state index in [-0.39, 0.29) is 9.70 Å². The summed E-state index contributed by atoms with van der Waals surface area (Å²) in [5.41, 5.74) is 0.921. The van der Waals surface area contributed by atoms with Crippen molar-refractivity contribution < 1.29 is 4.79 Å². The fourth-order valence-electron chi connectivity index (χ4n) is 2.38. The molecule has 3 nitrogen and oxygen atoms in total. The first-order valence-corrected chi connectivity index (χ1v) is 11.0. The van der Waals surface area contributed by atoms with Crippen LogP contribution in [0.3, 0.4) is 0 Å². The topological polar surface area (TPSA) is 34.9 Å². The second-order valence-electron chi connectivity index (χ2n) is 5.69. The molecular formula is C18H22Cl2N2OS2. The van der Waals surface area contributed by atoms with Gasteiger partial charge in [0.05, 0.1) is 11.6 Å². The summed E-state index contributed by atoms with van der Waals surface area (Å²) in [5, 5.41) is 1.11. The molecule has 0 bridgehead atoms. The van der Waals surface area contributed by atoms with Crippen molar-refractivity contribution in [3.05, 3.63) is 52.5 Å². The van der Waals surface area contributed by atoms with Crippen molar-refractivity contribution in [1.29, 1.82) is 0 Å². The van der Waals surface area contributed by atoms with E-state index >= 15 is 0 Å². The summed E-state index contributed by atoms with van der Waals surface area (Å²) < 4.78 is 2.09. The number of aromatic nitrogens is 2. The van der Waals surface area contributed by atoms with E-state index in [0.29, 0.717) is 16.6 Å². The van der Waals surface area contributed by atoms with Crippen LogP contribution in [0, 0.1) is 0 Å². The minimum atomic E-state index is -0.0744. The predicted molar refractivity (Wildman–Crippen MR) is 111 cm³/mol. The summed E-state index contributed by atoms with van der Waals surface area (Å²) in [4.78, 5) is 16.5. The van der Waals surface area contributed by atoms with Crippen LogP contribution in [0.4, 0.5) is 4.79 Å². The molecule has 1 aromatic heterocycles. The van der Waals surface area contributed by atoms with Crippen LogP contribution >= 0.6 is 46.7 Å². The van der Waals surface area contributed by atoms with E-state index in [9.17, 15) is 4.79 Å². The first kappa shape index (κ1) is 20.7. The van der Waals surface area contributed by atoms with Gasteiger partial charge >= 0.3 is 0 Å². The Hall–Kier alpha value is -0.620. The number of halogens is 2. The van der Waals surface area contributed by atoms with Crippen molar-refractivity contribution in [2.45, 2.75) is 44.4 Å². The van der Waals surface area contributed by atoms with Gasteiger partial charge in [-0.1, -0.05) is 79.0 Å². The molecule has 0 aliphatic carbocycles. The molecular weight excluding hydrogens is 395 g/mol. The van der Waals surface area contributed by atoms with Crippen LogP contribution in [0.15, 0.2) is 36.9 Å². The Morgan fingerprint density at radius 1 is 1.28 bits per heavy atom. The zero-order valence-corrected chi connectivity index (χ0v) is 17.3. The third-order valence-corrected chi connectivity index (χ3v) is 6.51. The normalized spacial score (nSPS) is 12.3. The van der Waals surface area contributed by atoms with Gasteiger partial charge in [0.1, 0.15) is 0 Å². The molecule has 2 aromatic rings. The van der Waals surface area contributed by atoms with Crippen molar-refractivity contribution >= 4 is 51.2 Å². The smallest absolute Gasteiger partial charge is 0.246 e. The molecule has 0 N–H and O–H groups in total. The van der Waals surface area contributed by atoms with Gasteiger partial charge in [-0.15, -0.1) is 0 Å². The predicted octanol–water partition coefficient (Wildman–Crippen LogP) is 7.10. The summed E-state index contributed by atoms with van der Waals surface area (Å²) in [5.74, 6) is 0.873. The van der Waals surface area contributed by atoms with Crippen molar-refractivity contribution in [1.82, 2.24) is 9.55 Å². The van der Waals surface area contributed by atoms with Gasteiger partial charge in [-0.05, 0) is 24.1 Å². The highest BCUT2D eigenvalue weighted by Crippen LogP contribution is 2.39. The standard InChI is InChI=1S/C18H22Cl2N2OS2/c1-2-3-4-5-10-24-18(23)25-17(12-22-9-8-21-13-22)15-7-6-14(19)11-16(15)20/h6-9,11,13,17H,2-5,10,12H2,1H3. The Kier molecular flexibility index (Phi) is 9.24. The van der Waals surface area contributed by atoms with E-state index in [1.54, 1.807) is 18.6 Å². The molecule has 136 valence electrons. The number of hydrogen-bond donors (Lipinski definition) is 0. The number of benzene rings is 1. The largest absolute Gasteiger partial charge is 0.336 e. The number of thioether (sulfide) groups is 2. The molecule has 0 amide bonds. The fourth-order valence-corrected chi connectivity index (χ4v) is 5.18. The van der Waals surface area contributed by atoms with Crippen molar-refractivity contribution in [2.24, 2.45) is 0 Å². The minimum absolute atomic E-state index is 0.0744. The Morgan fingerprint density at radius 3 is 2.80 bits per heavy atom. The van der Waals surface area contributed by atoms with Crippen molar-refractivity contribution in [3.63, 3.8) is 0 Å². The summed E-state index contributed by atoms with van der Waals surface area (Å²) in [6.07, 6.45) is 10.1. The van der Waals surface area contributed by atoms with Crippen LogP contribution in [-0.4, -0.2) is 19.8 Å². The van der Waals surface area contributed by atoms with Gasteiger partial charge in [-0.3, -0.25) is 4.79 Å². The highest BCUT2D eigenvalue weighted by Gasteiger charge is 2.20. The maximum absolute atomic E-state index is 12.4. The van der Waals surface area contributed by atoms with E-state index < -0.39 is 0 Å². The Bertz CT molecular complexity index is 665. The number of rotatable bonds is 9. The lowest BCUT2D eigenvalue weighted by atomic mass is 10.1. The number of carbonyl (C=O) groups excluding carboxylic acids is 1. The second kappa shape index (κ2) is 11.2. The van der Waals surface area contributed by atoms with Crippen LogP contribution in [-0.2, 0) is 6.54 Å². The zero-order valence-electron chi connectivity index (χ0n) is 14.2. The molecule has 1 unspecified atom stereocenters. The molecule has 0 radical (unpaired) electrons. The molecule has 25 heavy (non-hydrogen) atoms. The molecule has 0 aliphatic rings. The van der Waals surface area contributed by atoms with E-state index in [4.69, 9.17) is 23.2 Å². The molecule has 7 heteroatoms. The third-order valence-electron chi connectivity index (χ3n) is 3.70. The Labute approximate surface area is 167 Å². The van der Waals surface area contributed by atoms with Gasteiger partial charge < -0.3 is 4.57 Å². The molecule has 2 rings (SSSR count). The monoisotopic (exact) mass is 416 g/mol. The minimum Gasteiger partial charge on any atom is -0.336 e. The summed E-state index contributed by atoms with van der Waals surface area (Å²) >= 11 is 15.1. The molecule has 0 fully saturated rings. The average Bonchev–Trinajstić information content (AvgIpc) is 3.07. The molecule has 0 saturated carbocycles. The van der Waals surface area contributed by atoms with Gasteiger partial charge in [0.25, 0.3) is 0 Å². The molecule has 0 spiro atoms. The van der Waals surface area contributed by atoms with Crippen molar-refractivity contribution in [2.75, 3.05) is 5.75 Å². The lowest BCUT2D eigenvalue weighted by Crippen LogP contribution is -2.07. The third kappa shape index (κ3) is 7.26. The van der Waals surface area contributed by atoms with Crippen LogP contribution in [0.1, 0.15) is 43.4 Å². The van der Waals surface area contributed by atoms with Gasteiger partial charge in [-0.25, -0.2) is 4.98 Å². The lowest BCUT2D eigenvalue weighted by molar-refractivity contribution is 0.276. The number of imidazole rings is 1. The van der Waals surface area contributed by atoms with E-state index in [1.807, 2.05) is 22.9 Å². The van der Waals surface area contributed by atoms with Crippen LogP contribution in [0.5, 0.6) is 0 Å². The fraction of sp³-hybridized carbons (Fsp3) is 0.444. The molecule has 1 heterocycles. The van der Waals surface area contributed by atoms with Crippen LogP contribution in [0.25, 0.3) is 0 Å². The van der Waals surface area contributed by atoms with Crippen LogP contribution in [0.2, 0.25) is 10.0 Å². The number of carbonyl (C=O) groups is 1. The number of hydrogen-bond acceptors (Lipinski definition) is 4. The summed E-state index contributed by atoms with van der Waals surface area (Å²) in [7, 11) is 0. The lowest BCUT2D eigenvalue weighted by Gasteiger charge is -2.18. The molecule has 1 aromatic carbocycles. The van der Waals surface area contributed by atoms with Gasteiger partial charge in [-0.2, -0.15) is 0 Å². The zero-order chi connectivity index (χ0) is 18.1. The molecule has 1 atom stereocenters. The second-order valence-corrected chi connectivity index (χ2v) is 9.04. The number of unbranched alkanes of at least 4 members (excludes halogenated alkanes) is 3. The summed E-state index contributed by atoms with van der Waals surface area (Å²) in [6.45, 7) is 2.82. The first-order chi connectivity index (χ1) is 12.1. The Balaban J connectivity index is 2.00. The maximum atomic E-state index is 12.4. The molecule has 0 aliphatic heterocycles. The average molecular weight is 417 g/mol. The SMILES string of the molecule is CCCCCCSC(=O)SC(Cn1ccnc1)c1ccc(Cl)cc1Cl. The first-order valence-electron chi connectivity index (χ1n) is 8.34.